The van der Waals surface area contributed by atoms with Crippen LogP contribution in [0.15, 0.2) is 66.7 Å². The summed E-state index contributed by atoms with van der Waals surface area (Å²) in [5, 5.41) is 0. The Morgan fingerprint density at radius 2 is 1.80 bits per heavy atom. The minimum absolute atomic E-state index is 0.00229. The van der Waals surface area contributed by atoms with Crippen LogP contribution in [-0.2, 0) is 9.59 Å². The number of hydrogen-bond donors (Lipinski definition) is 0. The standard InChI is InChI=1S/C21H21NO3/c1-22-14-16(13-21(22)24)7-10-19(23)15-25-20-11-8-18(9-12-20)17-5-3-2-4-6-17/h2-12,16H,13-15H2,1H3/b10-7+. The zero-order valence-corrected chi connectivity index (χ0v) is 14.2. The first kappa shape index (κ1) is 17.0. The van der Waals surface area contributed by atoms with Crippen LogP contribution in [0, 0.1) is 5.92 Å². The fourth-order valence-corrected chi connectivity index (χ4v) is 2.85. The molecule has 1 aliphatic heterocycles. The lowest BCUT2D eigenvalue weighted by Crippen LogP contribution is -2.18. The van der Waals surface area contributed by atoms with Crippen molar-refractivity contribution in [2.75, 3.05) is 20.2 Å². The molecule has 1 atom stereocenters. The SMILES string of the molecule is CN1CC(/C=C/C(=O)COc2ccc(-c3ccccc3)cc2)CC1=O. The summed E-state index contributed by atoms with van der Waals surface area (Å²) in [4.78, 5) is 25.1. The normalized spacial score (nSPS) is 17.2. The highest BCUT2D eigenvalue weighted by Gasteiger charge is 2.24. The van der Waals surface area contributed by atoms with E-state index in [1.54, 1.807) is 11.9 Å². The van der Waals surface area contributed by atoms with E-state index in [2.05, 4.69) is 12.1 Å². The van der Waals surface area contributed by atoms with Gasteiger partial charge in [0, 0.05) is 25.9 Å². The number of likely N-dealkylation sites (tertiary alicyclic amines) is 1. The molecule has 0 bridgehead atoms. The van der Waals surface area contributed by atoms with E-state index < -0.39 is 0 Å². The molecular formula is C21H21NO3. The molecule has 4 heteroatoms. The fourth-order valence-electron chi connectivity index (χ4n) is 2.85. The molecule has 1 fully saturated rings. The Hall–Kier alpha value is -2.88. The molecule has 1 amide bonds. The van der Waals surface area contributed by atoms with Crippen LogP contribution in [0.25, 0.3) is 11.1 Å². The van der Waals surface area contributed by atoms with Gasteiger partial charge >= 0.3 is 0 Å². The highest BCUT2D eigenvalue weighted by atomic mass is 16.5. The molecule has 0 N–H and O–H groups in total. The van der Waals surface area contributed by atoms with Crippen molar-refractivity contribution in [1.29, 1.82) is 0 Å². The molecule has 25 heavy (non-hydrogen) atoms. The molecule has 4 nitrogen and oxygen atoms in total. The van der Waals surface area contributed by atoms with Crippen molar-refractivity contribution >= 4 is 11.7 Å². The van der Waals surface area contributed by atoms with Crippen LogP contribution in [0.2, 0.25) is 0 Å². The minimum Gasteiger partial charge on any atom is -0.485 e. The second kappa shape index (κ2) is 7.79. The number of ether oxygens (including phenoxy) is 1. The van der Waals surface area contributed by atoms with Crippen molar-refractivity contribution in [1.82, 2.24) is 4.90 Å². The van der Waals surface area contributed by atoms with Gasteiger partial charge in [0.1, 0.15) is 5.75 Å². The van der Waals surface area contributed by atoms with Gasteiger partial charge in [0.05, 0.1) is 0 Å². The molecule has 3 rings (SSSR count). The van der Waals surface area contributed by atoms with Crippen molar-refractivity contribution in [3.05, 3.63) is 66.7 Å². The first-order valence-electron chi connectivity index (χ1n) is 8.35. The molecule has 0 saturated carbocycles. The molecule has 0 aliphatic carbocycles. The third kappa shape index (κ3) is 4.57. The Bertz CT molecular complexity index is 765. The summed E-state index contributed by atoms with van der Waals surface area (Å²) in [6, 6.07) is 17.8. The maximum absolute atomic E-state index is 11.9. The Morgan fingerprint density at radius 3 is 2.44 bits per heavy atom. The largest absolute Gasteiger partial charge is 0.485 e. The Kier molecular flexibility index (Phi) is 5.29. The van der Waals surface area contributed by atoms with E-state index in [4.69, 9.17) is 4.74 Å². The number of nitrogens with zero attached hydrogens (tertiary/aromatic N) is 1. The van der Waals surface area contributed by atoms with Crippen molar-refractivity contribution in [2.45, 2.75) is 6.42 Å². The number of benzene rings is 2. The summed E-state index contributed by atoms with van der Waals surface area (Å²) in [6.45, 7) is 0.669. The molecule has 1 aliphatic rings. The van der Waals surface area contributed by atoms with Gasteiger partial charge in [0.25, 0.3) is 0 Å². The van der Waals surface area contributed by atoms with Gasteiger partial charge < -0.3 is 9.64 Å². The van der Waals surface area contributed by atoms with Crippen molar-refractivity contribution in [2.24, 2.45) is 5.92 Å². The highest BCUT2D eigenvalue weighted by molar-refractivity contribution is 5.91. The molecule has 1 unspecified atom stereocenters. The Morgan fingerprint density at radius 1 is 1.12 bits per heavy atom. The van der Waals surface area contributed by atoms with E-state index >= 15 is 0 Å². The number of carbonyl (C=O) groups is 2. The van der Waals surface area contributed by atoms with Gasteiger partial charge in [-0.05, 0) is 29.3 Å². The van der Waals surface area contributed by atoms with Crippen LogP contribution in [0.5, 0.6) is 5.75 Å². The van der Waals surface area contributed by atoms with Crippen LogP contribution < -0.4 is 4.74 Å². The summed E-state index contributed by atoms with van der Waals surface area (Å²) < 4.78 is 5.54. The zero-order chi connectivity index (χ0) is 17.6. The predicted molar refractivity (Wildman–Crippen MR) is 97.3 cm³/mol. The first-order chi connectivity index (χ1) is 12.1. The lowest BCUT2D eigenvalue weighted by molar-refractivity contribution is -0.126. The third-order valence-electron chi connectivity index (χ3n) is 4.27. The highest BCUT2D eigenvalue weighted by Crippen LogP contribution is 2.22. The van der Waals surface area contributed by atoms with Gasteiger partial charge in [-0.2, -0.15) is 0 Å². The molecule has 0 aromatic heterocycles. The molecule has 2 aromatic carbocycles. The van der Waals surface area contributed by atoms with Crippen molar-refractivity contribution in [3.63, 3.8) is 0 Å². The van der Waals surface area contributed by atoms with Gasteiger partial charge in [-0.15, -0.1) is 0 Å². The first-order valence-corrected chi connectivity index (χ1v) is 8.35. The van der Waals surface area contributed by atoms with Crippen molar-refractivity contribution in [3.8, 4) is 16.9 Å². The average molecular weight is 335 g/mol. The van der Waals surface area contributed by atoms with Crippen LogP contribution in [-0.4, -0.2) is 36.8 Å². The fraction of sp³-hybridized carbons (Fsp3) is 0.238. The maximum Gasteiger partial charge on any atom is 0.222 e. The van der Waals surface area contributed by atoms with E-state index in [0.717, 1.165) is 11.1 Å². The summed E-state index contributed by atoms with van der Waals surface area (Å²) in [5.74, 6) is 0.801. The quantitative estimate of drug-likeness (QED) is 0.761. The summed E-state index contributed by atoms with van der Waals surface area (Å²) in [7, 11) is 1.78. The van der Waals surface area contributed by atoms with Crippen LogP contribution in [0.3, 0.4) is 0 Å². The topological polar surface area (TPSA) is 46.6 Å². The average Bonchev–Trinajstić information content (AvgIpc) is 2.97. The van der Waals surface area contributed by atoms with E-state index in [0.29, 0.717) is 18.7 Å². The number of amides is 1. The van der Waals surface area contributed by atoms with Crippen LogP contribution in [0.1, 0.15) is 6.42 Å². The van der Waals surface area contributed by atoms with Crippen LogP contribution >= 0.6 is 0 Å². The zero-order valence-electron chi connectivity index (χ0n) is 14.2. The number of hydrogen-bond acceptors (Lipinski definition) is 3. The smallest absolute Gasteiger partial charge is 0.222 e. The second-order valence-corrected chi connectivity index (χ2v) is 6.24. The number of carbonyl (C=O) groups excluding carboxylic acids is 2. The summed E-state index contributed by atoms with van der Waals surface area (Å²) >= 11 is 0. The lowest BCUT2D eigenvalue weighted by atomic mass is 10.1. The molecule has 0 spiro atoms. The number of rotatable bonds is 6. The van der Waals surface area contributed by atoms with E-state index in [-0.39, 0.29) is 24.2 Å². The second-order valence-electron chi connectivity index (χ2n) is 6.24. The molecular weight excluding hydrogens is 314 g/mol. The summed E-state index contributed by atoms with van der Waals surface area (Å²) in [6.07, 6.45) is 3.81. The van der Waals surface area contributed by atoms with Gasteiger partial charge in [-0.1, -0.05) is 48.5 Å². The van der Waals surface area contributed by atoms with Gasteiger partial charge in [0.2, 0.25) is 5.91 Å². The maximum atomic E-state index is 11.9. The molecule has 128 valence electrons. The van der Waals surface area contributed by atoms with E-state index in [1.165, 1.54) is 6.08 Å². The minimum atomic E-state index is -0.103. The number of ketones is 1. The predicted octanol–water partition coefficient (Wildman–Crippen LogP) is 3.34. The molecule has 1 saturated heterocycles. The monoisotopic (exact) mass is 335 g/mol. The summed E-state index contributed by atoms with van der Waals surface area (Å²) in [5.41, 5.74) is 2.25. The van der Waals surface area contributed by atoms with E-state index in [9.17, 15) is 9.59 Å². The third-order valence-corrected chi connectivity index (χ3v) is 4.27. The molecule has 1 heterocycles. The van der Waals surface area contributed by atoms with Crippen molar-refractivity contribution < 1.29 is 14.3 Å². The molecule has 0 radical (unpaired) electrons. The van der Waals surface area contributed by atoms with Gasteiger partial charge in [0.15, 0.2) is 12.4 Å². The Labute approximate surface area is 147 Å². The van der Waals surface area contributed by atoms with Crippen LogP contribution in [0.4, 0.5) is 0 Å². The lowest BCUT2D eigenvalue weighted by Gasteiger charge is -2.07. The molecule has 2 aromatic rings. The van der Waals surface area contributed by atoms with Gasteiger partial charge in [-0.3, -0.25) is 9.59 Å². The Balaban J connectivity index is 1.50. The van der Waals surface area contributed by atoms with Gasteiger partial charge in [-0.25, -0.2) is 0 Å². The van der Waals surface area contributed by atoms with E-state index in [1.807, 2.05) is 48.5 Å².